The fourth-order valence-corrected chi connectivity index (χ4v) is 3.81. The Balaban J connectivity index is 1.53. The van der Waals surface area contributed by atoms with Crippen molar-refractivity contribution in [3.63, 3.8) is 0 Å². The minimum atomic E-state index is 0.136. The van der Waals surface area contributed by atoms with Crippen LogP contribution in [0.5, 0.6) is 0 Å². The quantitative estimate of drug-likeness (QED) is 0.928. The number of nitrogens with one attached hydrogen (secondary N) is 1. The van der Waals surface area contributed by atoms with E-state index >= 15 is 0 Å². The molecule has 7 heteroatoms. The van der Waals surface area contributed by atoms with Gasteiger partial charge >= 0.3 is 0 Å². The molecule has 2 aromatic heterocycles. The molecule has 1 aliphatic carbocycles. The minimum Gasteiger partial charge on any atom is -0.379 e. The Hall–Kier alpha value is -1.73. The summed E-state index contributed by atoms with van der Waals surface area (Å²) in [7, 11) is 0. The first-order valence-electron chi connectivity index (χ1n) is 9.02. The zero-order valence-electron chi connectivity index (χ0n) is 14.2. The normalized spacial score (nSPS) is 21.9. The van der Waals surface area contributed by atoms with Gasteiger partial charge in [-0.25, -0.2) is 0 Å². The van der Waals surface area contributed by atoms with Gasteiger partial charge in [0.15, 0.2) is 5.82 Å². The molecule has 130 valence electrons. The molecular weight excluding hydrogens is 306 g/mol. The van der Waals surface area contributed by atoms with Crippen molar-refractivity contribution < 1.29 is 9.26 Å². The van der Waals surface area contributed by atoms with Gasteiger partial charge in [-0.05, 0) is 19.8 Å². The highest BCUT2D eigenvalue weighted by molar-refractivity contribution is 5.56. The molecule has 2 fully saturated rings. The molecule has 7 nitrogen and oxygen atoms in total. The molecule has 0 spiro atoms. The van der Waals surface area contributed by atoms with E-state index in [1.807, 2.05) is 6.20 Å². The van der Waals surface area contributed by atoms with Gasteiger partial charge in [0.05, 0.1) is 36.7 Å². The molecule has 2 aromatic rings. The van der Waals surface area contributed by atoms with Gasteiger partial charge in [-0.15, -0.1) is 0 Å². The van der Waals surface area contributed by atoms with Crippen molar-refractivity contribution in [2.75, 3.05) is 26.3 Å². The third-order valence-electron chi connectivity index (χ3n) is 5.32. The predicted molar refractivity (Wildman–Crippen MR) is 88.5 cm³/mol. The summed E-state index contributed by atoms with van der Waals surface area (Å²) >= 11 is 0. The molecule has 1 aliphatic heterocycles. The topological polar surface area (TPSA) is 80.1 Å². The lowest BCUT2D eigenvalue weighted by Gasteiger charge is -2.30. The number of H-pyrrole nitrogens is 1. The first-order chi connectivity index (χ1) is 11.8. The zero-order valence-corrected chi connectivity index (χ0v) is 14.2. The summed E-state index contributed by atoms with van der Waals surface area (Å²) in [6, 6.07) is 0.136. The average Bonchev–Trinajstić information content (AvgIpc) is 3.32. The number of nitrogens with zero attached hydrogens (tertiary/aromatic N) is 4. The monoisotopic (exact) mass is 331 g/mol. The second-order valence-electron chi connectivity index (χ2n) is 6.81. The third kappa shape index (κ3) is 3.10. The van der Waals surface area contributed by atoms with Crippen molar-refractivity contribution in [1.29, 1.82) is 0 Å². The molecule has 24 heavy (non-hydrogen) atoms. The first kappa shape index (κ1) is 15.8. The fraction of sp³-hybridized carbons (Fsp3) is 0.706. The van der Waals surface area contributed by atoms with Crippen molar-refractivity contribution in [3.05, 3.63) is 17.7 Å². The van der Waals surface area contributed by atoms with Crippen molar-refractivity contribution >= 4 is 0 Å². The van der Waals surface area contributed by atoms with Gasteiger partial charge in [0, 0.05) is 19.0 Å². The Morgan fingerprint density at radius 2 is 2.00 bits per heavy atom. The van der Waals surface area contributed by atoms with Crippen LogP contribution in [0.4, 0.5) is 0 Å². The predicted octanol–water partition coefficient (Wildman–Crippen LogP) is 2.90. The summed E-state index contributed by atoms with van der Waals surface area (Å²) in [5.41, 5.74) is 2.12. The molecule has 1 saturated carbocycles. The van der Waals surface area contributed by atoms with Crippen molar-refractivity contribution in [3.8, 4) is 11.5 Å². The Labute approximate surface area is 141 Å². The maximum absolute atomic E-state index is 5.57. The molecule has 3 heterocycles. The lowest BCUT2D eigenvalue weighted by atomic mass is 9.85. The standard InChI is InChI=1S/C17H25N5O2/c1-12(22-7-9-23-10-8-22)16-19-17(24-21-16)14-11-18-20-15(14)13-5-3-2-4-6-13/h11-13H,2-10H2,1H3,(H,18,20). The van der Waals surface area contributed by atoms with E-state index in [1.165, 1.54) is 32.1 Å². The average molecular weight is 331 g/mol. The third-order valence-corrected chi connectivity index (χ3v) is 5.32. The van der Waals surface area contributed by atoms with E-state index in [1.54, 1.807) is 0 Å². The summed E-state index contributed by atoms with van der Waals surface area (Å²) in [6.45, 7) is 5.47. The van der Waals surface area contributed by atoms with Crippen LogP contribution >= 0.6 is 0 Å². The molecule has 0 radical (unpaired) electrons. The highest BCUT2D eigenvalue weighted by Crippen LogP contribution is 2.36. The van der Waals surface area contributed by atoms with Gasteiger partial charge < -0.3 is 9.26 Å². The first-order valence-corrected chi connectivity index (χ1v) is 9.02. The van der Waals surface area contributed by atoms with Crippen molar-refractivity contribution in [2.24, 2.45) is 0 Å². The second kappa shape index (κ2) is 7.03. The molecule has 0 bridgehead atoms. The number of hydrogen-bond donors (Lipinski definition) is 1. The molecular formula is C17H25N5O2. The number of aromatic nitrogens is 4. The smallest absolute Gasteiger partial charge is 0.261 e. The number of ether oxygens (including phenoxy) is 1. The van der Waals surface area contributed by atoms with Gasteiger partial charge in [-0.3, -0.25) is 10.00 Å². The molecule has 1 unspecified atom stereocenters. The van der Waals surface area contributed by atoms with E-state index in [-0.39, 0.29) is 6.04 Å². The minimum absolute atomic E-state index is 0.136. The molecule has 0 aromatic carbocycles. The van der Waals surface area contributed by atoms with Gasteiger partial charge in [-0.1, -0.05) is 24.4 Å². The highest BCUT2D eigenvalue weighted by Gasteiger charge is 2.26. The number of aromatic amines is 1. The van der Waals surface area contributed by atoms with Gasteiger partial charge in [-0.2, -0.15) is 10.1 Å². The van der Waals surface area contributed by atoms with E-state index in [0.29, 0.717) is 11.8 Å². The van der Waals surface area contributed by atoms with Crippen LogP contribution in [-0.4, -0.2) is 51.5 Å². The largest absolute Gasteiger partial charge is 0.379 e. The number of hydrogen-bond acceptors (Lipinski definition) is 6. The molecule has 1 saturated heterocycles. The van der Waals surface area contributed by atoms with Crippen LogP contribution in [0.2, 0.25) is 0 Å². The van der Waals surface area contributed by atoms with Gasteiger partial charge in [0.2, 0.25) is 0 Å². The Morgan fingerprint density at radius 3 is 2.79 bits per heavy atom. The van der Waals surface area contributed by atoms with E-state index in [0.717, 1.165) is 43.4 Å². The maximum Gasteiger partial charge on any atom is 0.261 e. The molecule has 4 rings (SSSR count). The van der Waals surface area contributed by atoms with Crippen LogP contribution in [0.15, 0.2) is 10.7 Å². The van der Waals surface area contributed by atoms with Crippen molar-refractivity contribution in [1.82, 2.24) is 25.2 Å². The maximum atomic E-state index is 5.57. The number of morpholine rings is 1. The molecule has 1 atom stereocenters. The highest BCUT2D eigenvalue weighted by atomic mass is 16.5. The lowest BCUT2D eigenvalue weighted by molar-refractivity contribution is 0.0178. The zero-order chi connectivity index (χ0) is 16.4. The fourth-order valence-electron chi connectivity index (χ4n) is 3.81. The van der Waals surface area contributed by atoms with E-state index in [4.69, 9.17) is 9.26 Å². The second-order valence-corrected chi connectivity index (χ2v) is 6.81. The summed E-state index contributed by atoms with van der Waals surface area (Å²) in [4.78, 5) is 6.99. The van der Waals surface area contributed by atoms with Crippen LogP contribution in [0.3, 0.4) is 0 Å². The molecule has 0 amide bonds. The molecule has 2 aliphatic rings. The van der Waals surface area contributed by atoms with E-state index in [9.17, 15) is 0 Å². The number of rotatable bonds is 4. The van der Waals surface area contributed by atoms with Crippen LogP contribution in [0, 0.1) is 0 Å². The Morgan fingerprint density at radius 1 is 1.21 bits per heavy atom. The van der Waals surface area contributed by atoms with Crippen LogP contribution < -0.4 is 0 Å². The van der Waals surface area contributed by atoms with Gasteiger partial charge in [0.25, 0.3) is 5.89 Å². The van der Waals surface area contributed by atoms with Crippen LogP contribution in [0.1, 0.15) is 62.5 Å². The van der Waals surface area contributed by atoms with Crippen molar-refractivity contribution in [2.45, 2.75) is 51.0 Å². The summed E-state index contributed by atoms with van der Waals surface area (Å²) in [6.07, 6.45) is 8.14. The van der Waals surface area contributed by atoms with Crippen LogP contribution in [-0.2, 0) is 4.74 Å². The van der Waals surface area contributed by atoms with Gasteiger partial charge in [0.1, 0.15) is 0 Å². The van der Waals surface area contributed by atoms with E-state index in [2.05, 4.69) is 32.2 Å². The Bertz CT molecular complexity index is 655. The molecule has 1 N–H and O–H groups in total. The van der Waals surface area contributed by atoms with E-state index < -0.39 is 0 Å². The summed E-state index contributed by atoms with van der Waals surface area (Å²) in [5, 5.41) is 11.6. The SMILES string of the molecule is CC(c1noc(-c2cn[nH]c2C2CCCCC2)n1)N1CCOCC1. The van der Waals surface area contributed by atoms with Crippen LogP contribution in [0.25, 0.3) is 11.5 Å². The Kier molecular flexibility index (Phi) is 4.62. The summed E-state index contributed by atoms with van der Waals surface area (Å²) in [5.74, 6) is 1.85. The lowest BCUT2D eigenvalue weighted by Crippen LogP contribution is -2.38. The summed E-state index contributed by atoms with van der Waals surface area (Å²) < 4.78 is 11.0.